The highest BCUT2D eigenvalue weighted by Crippen LogP contribution is 2.38. The monoisotopic (exact) mass is 379 g/mol. The minimum Gasteiger partial charge on any atom is -0.493 e. The van der Waals surface area contributed by atoms with Gasteiger partial charge in [0.1, 0.15) is 5.75 Å². The Morgan fingerprint density at radius 3 is 1.96 bits per heavy atom. The van der Waals surface area contributed by atoms with E-state index in [9.17, 15) is 4.79 Å². The predicted octanol–water partition coefficient (Wildman–Crippen LogP) is 4.76. The zero-order chi connectivity index (χ0) is 19.9. The Morgan fingerprint density at radius 1 is 0.750 bits per heavy atom. The SMILES string of the molecule is COc1cc(C(=O)Nc2ccccc2Oc2ccccc2)cc(OC)c1OC. The number of hydrogen-bond donors (Lipinski definition) is 1. The van der Waals surface area contributed by atoms with Gasteiger partial charge in [-0.25, -0.2) is 0 Å². The molecule has 0 atom stereocenters. The number of rotatable bonds is 7. The Morgan fingerprint density at radius 2 is 1.36 bits per heavy atom. The molecule has 0 saturated carbocycles. The Hall–Kier alpha value is -3.67. The zero-order valence-electron chi connectivity index (χ0n) is 15.9. The highest BCUT2D eigenvalue weighted by Gasteiger charge is 2.18. The number of para-hydroxylation sites is 3. The second-order valence-electron chi connectivity index (χ2n) is 5.78. The van der Waals surface area contributed by atoms with Crippen LogP contribution < -0.4 is 24.3 Å². The summed E-state index contributed by atoms with van der Waals surface area (Å²) in [7, 11) is 4.52. The van der Waals surface area contributed by atoms with Crippen LogP contribution in [0.4, 0.5) is 5.69 Å². The highest BCUT2D eigenvalue weighted by atomic mass is 16.5. The van der Waals surface area contributed by atoms with Crippen molar-refractivity contribution in [3.05, 3.63) is 72.3 Å². The van der Waals surface area contributed by atoms with E-state index in [-0.39, 0.29) is 5.91 Å². The van der Waals surface area contributed by atoms with Gasteiger partial charge in [0, 0.05) is 5.56 Å². The summed E-state index contributed by atoms with van der Waals surface area (Å²) < 4.78 is 21.8. The molecule has 0 saturated heterocycles. The van der Waals surface area contributed by atoms with E-state index in [4.69, 9.17) is 18.9 Å². The quantitative estimate of drug-likeness (QED) is 0.641. The fourth-order valence-corrected chi connectivity index (χ4v) is 2.68. The van der Waals surface area contributed by atoms with E-state index < -0.39 is 0 Å². The largest absolute Gasteiger partial charge is 0.493 e. The Labute approximate surface area is 163 Å². The first kappa shape index (κ1) is 19.1. The van der Waals surface area contributed by atoms with Crippen LogP contribution in [0.25, 0.3) is 0 Å². The first-order chi connectivity index (χ1) is 13.7. The molecule has 6 nitrogen and oxygen atoms in total. The van der Waals surface area contributed by atoms with Crippen molar-refractivity contribution in [3.63, 3.8) is 0 Å². The molecule has 0 aliphatic rings. The summed E-state index contributed by atoms with van der Waals surface area (Å²) in [6.45, 7) is 0. The number of hydrogen-bond acceptors (Lipinski definition) is 5. The molecule has 144 valence electrons. The first-order valence-corrected chi connectivity index (χ1v) is 8.59. The van der Waals surface area contributed by atoms with E-state index in [1.165, 1.54) is 21.3 Å². The molecule has 28 heavy (non-hydrogen) atoms. The molecule has 0 heterocycles. The molecular formula is C22H21NO5. The molecule has 0 bridgehead atoms. The van der Waals surface area contributed by atoms with Crippen molar-refractivity contribution in [3.8, 4) is 28.7 Å². The average molecular weight is 379 g/mol. The van der Waals surface area contributed by atoms with Gasteiger partial charge in [0.2, 0.25) is 5.75 Å². The first-order valence-electron chi connectivity index (χ1n) is 8.59. The van der Waals surface area contributed by atoms with Crippen LogP contribution in [-0.4, -0.2) is 27.2 Å². The van der Waals surface area contributed by atoms with E-state index >= 15 is 0 Å². The lowest BCUT2D eigenvalue weighted by Crippen LogP contribution is -2.13. The molecule has 3 aromatic carbocycles. The molecule has 3 aromatic rings. The lowest BCUT2D eigenvalue weighted by Gasteiger charge is -2.15. The molecular weight excluding hydrogens is 358 g/mol. The average Bonchev–Trinajstić information content (AvgIpc) is 2.74. The lowest BCUT2D eigenvalue weighted by atomic mass is 10.1. The van der Waals surface area contributed by atoms with Gasteiger partial charge in [0.05, 0.1) is 27.0 Å². The maximum atomic E-state index is 12.8. The maximum Gasteiger partial charge on any atom is 0.256 e. The number of anilines is 1. The van der Waals surface area contributed by atoms with E-state index in [1.54, 1.807) is 24.3 Å². The summed E-state index contributed by atoms with van der Waals surface area (Å²) in [5.41, 5.74) is 0.911. The second kappa shape index (κ2) is 8.81. The molecule has 1 N–H and O–H groups in total. The van der Waals surface area contributed by atoms with E-state index in [0.717, 1.165) is 0 Å². The minimum atomic E-state index is -0.330. The van der Waals surface area contributed by atoms with Crippen LogP contribution in [0, 0.1) is 0 Å². The third-order valence-corrected chi connectivity index (χ3v) is 4.03. The Kier molecular flexibility index (Phi) is 6.01. The van der Waals surface area contributed by atoms with Crippen molar-refractivity contribution in [1.29, 1.82) is 0 Å². The number of nitrogens with one attached hydrogen (secondary N) is 1. The molecule has 0 spiro atoms. The van der Waals surface area contributed by atoms with Gasteiger partial charge in [-0.3, -0.25) is 4.79 Å². The second-order valence-corrected chi connectivity index (χ2v) is 5.78. The van der Waals surface area contributed by atoms with Gasteiger partial charge in [-0.2, -0.15) is 0 Å². The van der Waals surface area contributed by atoms with Crippen molar-refractivity contribution >= 4 is 11.6 Å². The summed E-state index contributed by atoms with van der Waals surface area (Å²) in [6, 6.07) is 19.8. The smallest absolute Gasteiger partial charge is 0.256 e. The standard InChI is InChI=1S/C22H21NO5/c1-25-19-13-15(14-20(26-2)21(19)27-3)22(24)23-17-11-7-8-12-18(17)28-16-9-5-4-6-10-16/h4-14H,1-3H3,(H,23,24). The summed E-state index contributed by atoms with van der Waals surface area (Å²) in [4.78, 5) is 12.8. The minimum absolute atomic E-state index is 0.330. The summed E-state index contributed by atoms with van der Waals surface area (Å²) >= 11 is 0. The van der Waals surface area contributed by atoms with Crippen LogP contribution in [0.3, 0.4) is 0 Å². The summed E-state index contributed by atoms with van der Waals surface area (Å²) in [5, 5.41) is 2.87. The van der Waals surface area contributed by atoms with Crippen molar-refractivity contribution in [2.24, 2.45) is 0 Å². The molecule has 0 aromatic heterocycles. The Bertz CT molecular complexity index is 931. The third-order valence-electron chi connectivity index (χ3n) is 4.03. The van der Waals surface area contributed by atoms with Gasteiger partial charge < -0.3 is 24.3 Å². The molecule has 1 amide bonds. The number of methoxy groups -OCH3 is 3. The zero-order valence-corrected chi connectivity index (χ0v) is 15.9. The van der Waals surface area contributed by atoms with Gasteiger partial charge in [0.25, 0.3) is 5.91 Å². The Balaban J connectivity index is 1.88. The lowest BCUT2D eigenvalue weighted by molar-refractivity contribution is 0.102. The van der Waals surface area contributed by atoms with Gasteiger partial charge in [-0.1, -0.05) is 30.3 Å². The third kappa shape index (κ3) is 4.17. The van der Waals surface area contributed by atoms with Crippen molar-refractivity contribution in [2.45, 2.75) is 0 Å². The summed E-state index contributed by atoms with van der Waals surface area (Å²) in [5.74, 6) is 2.12. The van der Waals surface area contributed by atoms with Gasteiger partial charge in [-0.05, 0) is 36.4 Å². The topological polar surface area (TPSA) is 66.0 Å². The molecule has 6 heteroatoms. The summed E-state index contributed by atoms with van der Waals surface area (Å²) in [6.07, 6.45) is 0. The van der Waals surface area contributed by atoms with Crippen LogP contribution in [0.2, 0.25) is 0 Å². The van der Waals surface area contributed by atoms with E-state index in [1.807, 2.05) is 42.5 Å². The number of amides is 1. The highest BCUT2D eigenvalue weighted by molar-refractivity contribution is 6.05. The van der Waals surface area contributed by atoms with Crippen molar-refractivity contribution in [2.75, 3.05) is 26.6 Å². The van der Waals surface area contributed by atoms with Crippen LogP contribution in [0.1, 0.15) is 10.4 Å². The van der Waals surface area contributed by atoms with Gasteiger partial charge in [-0.15, -0.1) is 0 Å². The van der Waals surface area contributed by atoms with Crippen LogP contribution >= 0.6 is 0 Å². The van der Waals surface area contributed by atoms with Crippen molar-refractivity contribution < 1.29 is 23.7 Å². The molecule has 0 aliphatic carbocycles. The fourth-order valence-electron chi connectivity index (χ4n) is 2.68. The van der Waals surface area contributed by atoms with E-state index in [2.05, 4.69) is 5.32 Å². The molecule has 0 aliphatic heterocycles. The molecule has 3 rings (SSSR count). The van der Waals surface area contributed by atoms with Crippen molar-refractivity contribution in [1.82, 2.24) is 0 Å². The van der Waals surface area contributed by atoms with Crippen LogP contribution in [-0.2, 0) is 0 Å². The molecule has 0 fully saturated rings. The number of ether oxygens (including phenoxy) is 4. The maximum absolute atomic E-state index is 12.8. The normalized spacial score (nSPS) is 10.1. The molecule has 0 unspecified atom stereocenters. The van der Waals surface area contributed by atoms with Gasteiger partial charge >= 0.3 is 0 Å². The van der Waals surface area contributed by atoms with Crippen LogP contribution in [0.5, 0.6) is 28.7 Å². The number of carbonyl (C=O) groups excluding carboxylic acids is 1. The predicted molar refractivity (Wildman–Crippen MR) is 107 cm³/mol. The van der Waals surface area contributed by atoms with E-state index in [0.29, 0.717) is 40.0 Å². The number of benzene rings is 3. The fraction of sp³-hybridized carbons (Fsp3) is 0.136. The molecule has 0 radical (unpaired) electrons. The van der Waals surface area contributed by atoms with Crippen LogP contribution in [0.15, 0.2) is 66.7 Å². The van der Waals surface area contributed by atoms with Gasteiger partial charge in [0.15, 0.2) is 17.2 Å². The number of carbonyl (C=O) groups is 1.